The van der Waals surface area contributed by atoms with E-state index in [4.69, 9.17) is 4.42 Å². The zero-order valence-electron chi connectivity index (χ0n) is 12.9. The minimum atomic E-state index is -0.274. The van der Waals surface area contributed by atoms with Gasteiger partial charge < -0.3 is 4.42 Å². The van der Waals surface area contributed by atoms with Crippen molar-refractivity contribution in [3.63, 3.8) is 0 Å². The zero-order chi connectivity index (χ0) is 17.1. The summed E-state index contributed by atoms with van der Waals surface area (Å²) in [6.45, 7) is 4.22. The second-order valence-electron chi connectivity index (χ2n) is 5.16. The van der Waals surface area contributed by atoms with E-state index in [0.717, 1.165) is 13.6 Å². The Balaban J connectivity index is 1.72. The maximum atomic E-state index is 12.3. The molecule has 0 fully saturated rings. The van der Waals surface area contributed by atoms with Crippen molar-refractivity contribution in [3.8, 4) is 10.8 Å². The lowest BCUT2D eigenvalue weighted by atomic mass is 10.2. The molecular weight excluding hydrogens is 410 g/mol. The Morgan fingerprint density at radius 1 is 1.29 bits per heavy atom. The van der Waals surface area contributed by atoms with E-state index in [0.29, 0.717) is 16.7 Å². The average Bonchev–Trinajstić information content (AvgIpc) is 3.16. The Morgan fingerprint density at radius 3 is 2.83 bits per heavy atom. The fraction of sp³-hybridized carbons (Fsp3) is 0.188. The monoisotopic (exact) mass is 423 g/mol. The summed E-state index contributed by atoms with van der Waals surface area (Å²) in [5.41, 5.74) is 0.555. The number of carbonyl (C=O) groups excluding carboxylic acids is 1. The van der Waals surface area contributed by atoms with Crippen LogP contribution in [-0.2, 0) is 0 Å². The Labute approximate surface area is 156 Å². The summed E-state index contributed by atoms with van der Waals surface area (Å²) in [5.74, 6) is 0.105. The van der Waals surface area contributed by atoms with Crippen molar-refractivity contribution in [2.24, 2.45) is 0 Å². The molecule has 1 aromatic carbocycles. The number of hydrogen-bond acceptors (Lipinski definition) is 6. The molecule has 0 aliphatic rings. The van der Waals surface area contributed by atoms with Gasteiger partial charge in [0.1, 0.15) is 0 Å². The minimum absolute atomic E-state index is 0.0847. The first-order chi connectivity index (χ1) is 11.5. The number of benzene rings is 1. The number of thioether (sulfide) groups is 1. The van der Waals surface area contributed by atoms with Crippen molar-refractivity contribution in [1.82, 2.24) is 10.2 Å². The maximum absolute atomic E-state index is 12.3. The molecular formula is C16H14BrN3O2S2. The first-order valence-corrected chi connectivity index (χ1v) is 9.67. The van der Waals surface area contributed by atoms with Crippen molar-refractivity contribution in [3.05, 3.63) is 45.7 Å². The van der Waals surface area contributed by atoms with Crippen LogP contribution in [-0.4, -0.2) is 21.4 Å². The Kier molecular flexibility index (Phi) is 5.37. The van der Waals surface area contributed by atoms with Crippen LogP contribution in [0.5, 0.6) is 0 Å². The molecule has 0 aliphatic carbocycles. The van der Waals surface area contributed by atoms with Crippen molar-refractivity contribution >= 4 is 51.0 Å². The summed E-state index contributed by atoms with van der Waals surface area (Å²) in [6.07, 6.45) is 0. The van der Waals surface area contributed by atoms with Crippen LogP contribution in [0.1, 0.15) is 24.2 Å². The van der Waals surface area contributed by atoms with Gasteiger partial charge in [0.25, 0.3) is 11.8 Å². The molecule has 0 radical (unpaired) electrons. The number of aromatic nitrogens is 2. The zero-order valence-corrected chi connectivity index (χ0v) is 16.2. The van der Waals surface area contributed by atoms with Crippen LogP contribution in [0.4, 0.5) is 6.01 Å². The summed E-state index contributed by atoms with van der Waals surface area (Å²) < 4.78 is 6.47. The molecule has 24 heavy (non-hydrogen) atoms. The van der Waals surface area contributed by atoms with Gasteiger partial charge in [-0.1, -0.05) is 25.0 Å². The molecule has 1 N–H and O–H groups in total. The molecule has 5 nitrogen and oxygen atoms in total. The summed E-state index contributed by atoms with van der Waals surface area (Å²) in [6, 6.07) is 11.3. The first-order valence-electron chi connectivity index (χ1n) is 7.18. The van der Waals surface area contributed by atoms with Crippen LogP contribution < -0.4 is 5.32 Å². The minimum Gasteiger partial charge on any atom is -0.402 e. The highest BCUT2D eigenvalue weighted by molar-refractivity contribution is 9.11. The lowest BCUT2D eigenvalue weighted by molar-refractivity contribution is 0.102. The highest BCUT2D eigenvalue weighted by Gasteiger charge is 2.14. The highest BCUT2D eigenvalue weighted by atomic mass is 79.9. The van der Waals surface area contributed by atoms with Crippen LogP contribution in [0, 0.1) is 0 Å². The van der Waals surface area contributed by atoms with Crippen LogP contribution in [0.3, 0.4) is 0 Å². The van der Waals surface area contributed by atoms with Crippen molar-refractivity contribution in [2.45, 2.75) is 24.0 Å². The second-order valence-corrected chi connectivity index (χ2v) is 9.28. The number of thiophene rings is 1. The molecule has 0 aliphatic heterocycles. The predicted octanol–water partition coefficient (Wildman–Crippen LogP) is 5.31. The van der Waals surface area contributed by atoms with E-state index < -0.39 is 0 Å². The Bertz CT molecular complexity index is 860. The number of anilines is 1. The number of carbonyl (C=O) groups is 1. The fourth-order valence-electron chi connectivity index (χ4n) is 1.95. The van der Waals surface area contributed by atoms with Gasteiger partial charge in [-0.05, 0) is 46.3 Å². The Hall–Kier alpha value is -1.64. The van der Waals surface area contributed by atoms with E-state index in [9.17, 15) is 4.79 Å². The molecule has 8 heteroatoms. The summed E-state index contributed by atoms with van der Waals surface area (Å²) in [5, 5.41) is 10.9. The SMILES string of the molecule is CC(C)Sc1cccc(C(=O)Nc2nnc(-c3ccc(Br)s3)o2)c1. The van der Waals surface area contributed by atoms with Crippen molar-refractivity contribution in [1.29, 1.82) is 0 Å². The maximum Gasteiger partial charge on any atom is 0.322 e. The topological polar surface area (TPSA) is 68.0 Å². The molecule has 0 spiro atoms. The molecule has 0 unspecified atom stereocenters. The number of nitrogens with one attached hydrogen (secondary N) is 1. The number of hydrogen-bond donors (Lipinski definition) is 1. The van der Waals surface area contributed by atoms with E-state index in [1.54, 1.807) is 17.8 Å². The smallest absolute Gasteiger partial charge is 0.322 e. The lowest BCUT2D eigenvalue weighted by Gasteiger charge is -2.06. The normalized spacial score (nSPS) is 11.0. The van der Waals surface area contributed by atoms with Gasteiger partial charge in [0.2, 0.25) is 0 Å². The molecule has 1 amide bonds. The van der Waals surface area contributed by atoms with E-state index >= 15 is 0 Å². The van der Waals surface area contributed by atoms with E-state index in [2.05, 4.69) is 45.3 Å². The molecule has 2 aromatic heterocycles. The Morgan fingerprint density at radius 2 is 2.12 bits per heavy atom. The third-order valence-electron chi connectivity index (χ3n) is 2.90. The van der Waals surface area contributed by atoms with Crippen molar-refractivity contribution in [2.75, 3.05) is 5.32 Å². The molecule has 2 heterocycles. The summed E-state index contributed by atoms with van der Waals surface area (Å²) in [7, 11) is 0. The number of rotatable bonds is 5. The number of amides is 1. The van der Waals surface area contributed by atoms with E-state index in [1.165, 1.54) is 11.3 Å². The lowest BCUT2D eigenvalue weighted by Crippen LogP contribution is -2.12. The summed E-state index contributed by atoms with van der Waals surface area (Å²) >= 11 is 6.58. The van der Waals surface area contributed by atoms with Gasteiger partial charge in [0.05, 0.1) is 8.66 Å². The number of halogens is 1. The predicted molar refractivity (Wildman–Crippen MR) is 101 cm³/mol. The molecule has 0 bridgehead atoms. The van der Waals surface area contributed by atoms with Gasteiger partial charge in [-0.25, -0.2) is 0 Å². The fourth-order valence-corrected chi connectivity index (χ4v) is 4.16. The van der Waals surface area contributed by atoms with Gasteiger partial charge in [0, 0.05) is 15.7 Å². The van der Waals surface area contributed by atoms with Crippen LogP contribution in [0.25, 0.3) is 10.8 Å². The van der Waals surface area contributed by atoms with E-state index in [1.807, 2.05) is 30.3 Å². The molecule has 0 saturated heterocycles. The standard InChI is InChI=1S/C16H14BrN3O2S2/c1-9(2)23-11-5-3-4-10(8-11)14(21)18-16-20-19-15(22-16)12-6-7-13(17)24-12/h3-9H,1-2H3,(H,18,20,21). The van der Waals surface area contributed by atoms with Gasteiger partial charge in [-0.3, -0.25) is 10.1 Å². The van der Waals surface area contributed by atoms with Gasteiger partial charge in [-0.15, -0.1) is 28.2 Å². The quantitative estimate of drug-likeness (QED) is 0.562. The average molecular weight is 424 g/mol. The van der Waals surface area contributed by atoms with Gasteiger partial charge >= 0.3 is 6.01 Å². The molecule has 124 valence electrons. The third kappa shape index (κ3) is 4.25. The first kappa shape index (κ1) is 17.2. The largest absolute Gasteiger partial charge is 0.402 e. The van der Waals surface area contributed by atoms with Gasteiger partial charge in [0.15, 0.2) is 0 Å². The molecule has 0 saturated carbocycles. The number of nitrogens with zero attached hydrogens (tertiary/aromatic N) is 2. The van der Waals surface area contributed by atoms with Crippen molar-refractivity contribution < 1.29 is 9.21 Å². The van der Waals surface area contributed by atoms with Crippen LogP contribution >= 0.6 is 39.0 Å². The summed E-state index contributed by atoms with van der Waals surface area (Å²) in [4.78, 5) is 14.2. The third-order valence-corrected chi connectivity index (χ3v) is 5.51. The van der Waals surface area contributed by atoms with Crippen LogP contribution in [0.2, 0.25) is 0 Å². The molecule has 3 aromatic rings. The second kappa shape index (κ2) is 7.50. The molecule has 3 rings (SSSR count). The van der Waals surface area contributed by atoms with Gasteiger partial charge in [-0.2, -0.15) is 0 Å². The van der Waals surface area contributed by atoms with E-state index in [-0.39, 0.29) is 11.9 Å². The van der Waals surface area contributed by atoms with Crippen LogP contribution in [0.15, 0.2) is 49.5 Å². The molecule has 0 atom stereocenters. The highest BCUT2D eigenvalue weighted by Crippen LogP contribution is 2.31.